The van der Waals surface area contributed by atoms with Gasteiger partial charge in [-0.3, -0.25) is 9.78 Å². The summed E-state index contributed by atoms with van der Waals surface area (Å²) in [5, 5.41) is 0.0952. The molecule has 0 radical (unpaired) electrons. The van der Waals surface area contributed by atoms with Crippen molar-refractivity contribution in [3.63, 3.8) is 0 Å². The van der Waals surface area contributed by atoms with Crippen molar-refractivity contribution in [3.8, 4) is 0 Å². The number of aromatic amines is 1. The van der Waals surface area contributed by atoms with Gasteiger partial charge in [-0.1, -0.05) is 112 Å². The van der Waals surface area contributed by atoms with Crippen molar-refractivity contribution in [2.75, 3.05) is 13.2 Å². The first-order valence-electron chi connectivity index (χ1n) is 14.3. The van der Waals surface area contributed by atoms with Crippen LogP contribution in [0.1, 0.15) is 43.9 Å². The topological polar surface area (TPSA) is 73.3 Å². The molecule has 0 bridgehead atoms. The number of aromatic nitrogens is 2. The number of H-pyrrole nitrogens is 1. The normalized spacial score (nSPS) is 13.2. The number of nitrogens with zero attached hydrogens (tertiary/aromatic N) is 1. The second-order valence-corrected chi connectivity index (χ2v) is 16.9. The first-order chi connectivity index (χ1) is 19.5. The molecule has 3 aromatic carbocycles. The van der Waals surface area contributed by atoms with Gasteiger partial charge in [-0.05, 0) is 41.2 Å². The van der Waals surface area contributed by atoms with E-state index in [1.165, 1.54) is 6.07 Å². The van der Waals surface area contributed by atoms with Crippen molar-refractivity contribution in [3.05, 3.63) is 141 Å². The fraction of sp³-hybridized carbons (Fsp3) is 0.353. The molecule has 0 saturated carbocycles. The first kappa shape index (κ1) is 30.4. The number of ether oxygens (including phenoxy) is 1. The van der Waals surface area contributed by atoms with E-state index < -0.39 is 25.2 Å². The zero-order chi connectivity index (χ0) is 29.5. The molecule has 4 rings (SSSR count). The summed E-state index contributed by atoms with van der Waals surface area (Å²) in [6, 6.07) is 32.2. The highest BCUT2D eigenvalue weighted by Gasteiger charge is 2.39. The molecule has 0 amide bonds. The van der Waals surface area contributed by atoms with Crippen LogP contribution in [0.3, 0.4) is 0 Å². The summed E-state index contributed by atoms with van der Waals surface area (Å²) in [5.74, 6) is -0.0566. The predicted molar refractivity (Wildman–Crippen MR) is 168 cm³/mol. The van der Waals surface area contributed by atoms with E-state index >= 15 is 0 Å². The first-order valence-corrected chi connectivity index (χ1v) is 17.2. The van der Waals surface area contributed by atoms with E-state index in [0.717, 1.165) is 16.7 Å². The molecule has 0 aliphatic heterocycles. The highest BCUT2D eigenvalue weighted by molar-refractivity contribution is 6.74. The van der Waals surface area contributed by atoms with Crippen LogP contribution in [0.15, 0.2) is 113 Å². The third-order valence-corrected chi connectivity index (χ3v) is 12.8. The number of rotatable bonds is 12. The SMILES string of the molecule is CC(C)(C)[Si](C)(C)OCCC(COC(c1ccccc1)(c1ccccc1)c1ccccc1)Cn1ccc(=O)[nH]c1=O. The van der Waals surface area contributed by atoms with Crippen molar-refractivity contribution in [2.24, 2.45) is 5.92 Å². The van der Waals surface area contributed by atoms with Gasteiger partial charge in [0.05, 0.1) is 6.61 Å². The van der Waals surface area contributed by atoms with Crippen molar-refractivity contribution in [1.82, 2.24) is 9.55 Å². The molecule has 1 aromatic heterocycles. The Balaban J connectivity index is 1.71. The molecule has 0 aliphatic carbocycles. The van der Waals surface area contributed by atoms with Gasteiger partial charge in [-0.2, -0.15) is 0 Å². The summed E-state index contributed by atoms with van der Waals surface area (Å²) in [4.78, 5) is 26.8. The lowest BCUT2D eigenvalue weighted by Gasteiger charge is -2.38. The van der Waals surface area contributed by atoms with Crippen molar-refractivity contribution in [1.29, 1.82) is 0 Å². The molecule has 0 fully saturated rings. The minimum Gasteiger partial charge on any atom is -0.417 e. The smallest absolute Gasteiger partial charge is 0.328 e. The molecule has 0 aliphatic rings. The Morgan fingerprint density at radius 3 is 1.71 bits per heavy atom. The Labute approximate surface area is 244 Å². The maximum absolute atomic E-state index is 12.6. The quantitative estimate of drug-likeness (QED) is 0.154. The van der Waals surface area contributed by atoms with Gasteiger partial charge in [-0.15, -0.1) is 0 Å². The van der Waals surface area contributed by atoms with E-state index in [2.05, 4.69) is 75.2 Å². The van der Waals surface area contributed by atoms with Crippen molar-refractivity contribution < 1.29 is 9.16 Å². The molecule has 1 N–H and O–H groups in total. The zero-order valence-electron chi connectivity index (χ0n) is 24.8. The fourth-order valence-corrected chi connectivity index (χ4v) is 5.86. The van der Waals surface area contributed by atoms with Crippen LogP contribution in [-0.4, -0.2) is 31.1 Å². The summed E-state index contributed by atoms with van der Waals surface area (Å²) < 4.78 is 15.2. The highest BCUT2D eigenvalue weighted by Crippen LogP contribution is 2.41. The minimum atomic E-state index is -1.96. The molecule has 7 heteroatoms. The molecule has 216 valence electrons. The number of hydrogen-bond donors (Lipinski definition) is 1. The van der Waals surface area contributed by atoms with Gasteiger partial charge >= 0.3 is 5.69 Å². The molecular weight excluding hydrogens is 528 g/mol. The van der Waals surface area contributed by atoms with Crippen LogP contribution >= 0.6 is 0 Å². The van der Waals surface area contributed by atoms with Crippen LogP contribution < -0.4 is 11.2 Å². The summed E-state index contributed by atoms with van der Waals surface area (Å²) in [6.07, 6.45) is 2.26. The Bertz CT molecular complexity index is 1400. The van der Waals surface area contributed by atoms with E-state index in [-0.39, 0.29) is 11.0 Å². The van der Waals surface area contributed by atoms with E-state index in [0.29, 0.717) is 26.2 Å². The molecule has 41 heavy (non-hydrogen) atoms. The highest BCUT2D eigenvalue weighted by atomic mass is 28.4. The molecule has 4 aromatic rings. The second-order valence-electron chi connectivity index (χ2n) is 12.1. The van der Waals surface area contributed by atoms with Crippen LogP contribution in [0.4, 0.5) is 0 Å². The zero-order valence-corrected chi connectivity index (χ0v) is 25.8. The summed E-state index contributed by atoms with van der Waals surface area (Å²) in [5.41, 5.74) is 1.38. The van der Waals surface area contributed by atoms with E-state index in [1.807, 2.05) is 54.6 Å². The second kappa shape index (κ2) is 13.0. The lowest BCUT2D eigenvalue weighted by atomic mass is 9.80. The molecule has 1 unspecified atom stereocenters. The largest absolute Gasteiger partial charge is 0.417 e. The average molecular weight is 571 g/mol. The van der Waals surface area contributed by atoms with Gasteiger partial charge in [0.1, 0.15) is 5.60 Å². The number of nitrogens with one attached hydrogen (secondary N) is 1. The van der Waals surface area contributed by atoms with Crippen LogP contribution in [0, 0.1) is 5.92 Å². The third-order valence-electron chi connectivity index (χ3n) is 8.22. The van der Waals surface area contributed by atoms with Gasteiger partial charge in [0.15, 0.2) is 8.32 Å². The Morgan fingerprint density at radius 1 is 0.780 bits per heavy atom. The summed E-state index contributed by atoms with van der Waals surface area (Å²) in [7, 11) is -1.96. The molecule has 1 atom stereocenters. The minimum absolute atomic E-state index is 0.0566. The van der Waals surface area contributed by atoms with E-state index in [4.69, 9.17) is 9.16 Å². The van der Waals surface area contributed by atoms with Crippen LogP contribution in [0.5, 0.6) is 0 Å². The van der Waals surface area contributed by atoms with Gasteiger partial charge in [0.2, 0.25) is 0 Å². The molecular formula is C34H42N2O4Si. The van der Waals surface area contributed by atoms with Crippen molar-refractivity contribution in [2.45, 2.75) is 57.5 Å². The standard InChI is InChI=1S/C34H42N2O4Si/c1-33(2,3)41(4,5)40-24-22-27(25-36-23-21-31(37)35-32(36)38)26-39-34(28-15-9-6-10-16-28,29-17-11-7-12-18-29)30-19-13-8-14-20-30/h6-21,23,27H,22,24-26H2,1-5H3,(H,35,37,38). The van der Waals surface area contributed by atoms with Gasteiger partial charge in [0.25, 0.3) is 5.56 Å². The third kappa shape index (κ3) is 7.22. The van der Waals surface area contributed by atoms with E-state index in [1.54, 1.807) is 10.8 Å². The molecule has 0 spiro atoms. The van der Waals surface area contributed by atoms with Gasteiger partial charge < -0.3 is 13.7 Å². The Hall–Kier alpha value is -3.52. The lowest BCUT2D eigenvalue weighted by molar-refractivity contribution is -0.0153. The van der Waals surface area contributed by atoms with Gasteiger partial charge in [0, 0.05) is 31.3 Å². The number of hydrogen-bond acceptors (Lipinski definition) is 4. The Morgan fingerprint density at radius 2 is 1.27 bits per heavy atom. The molecule has 0 saturated heterocycles. The summed E-state index contributed by atoms with van der Waals surface area (Å²) >= 11 is 0. The number of benzene rings is 3. The monoisotopic (exact) mass is 570 g/mol. The average Bonchev–Trinajstić information content (AvgIpc) is 2.95. The van der Waals surface area contributed by atoms with Crippen LogP contribution in [0.25, 0.3) is 0 Å². The van der Waals surface area contributed by atoms with Crippen LogP contribution in [0.2, 0.25) is 18.1 Å². The van der Waals surface area contributed by atoms with Crippen molar-refractivity contribution >= 4 is 8.32 Å². The fourth-order valence-electron chi connectivity index (χ4n) is 4.80. The lowest BCUT2D eigenvalue weighted by Crippen LogP contribution is -2.41. The maximum Gasteiger partial charge on any atom is 0.328 e. The van der Waals surface area contributed by atoms with E-state index in [9.17, 15) is 9.59 Å². The predicted octanol–water partition coefficient (Wildman–Crippen LogP) is 6.57. The molecule has 6 nitrogen and oxygen atoms in total. The Kier molecular flexibility index (Phi) is 9.63. The maximum atomic E-state index is 12.6. The summed E-state index contributed by atoms with van der Waals surface area (Å²) in [6.45, 7) is 12.5. The molecule has 1 heterocycles. The van der Waals surface area contributed by atoms with Crippen LogP contribution in [-0.2, 0) is 21.3 Å². The van der Waals surface area contributed by atoms with Gasteiger partial charge in [-0.25, -0.2) is 4.79 Å².